The highest BCUT2D eigenvalue weighted by molar-refractivity contribution is 5.89. The van der Waals surface area contributed by atoms with E-state index < -0.39 is 5.97 Å². The molecule has 0 unspecified atom stereocenters. The fourth-order valence-corrected chi connectivity index (χ4v) is 2.20. The van der Waals surface area contributed by atoms with Crippen LogP contribution < -0.4 is 10.1 Å². The Morgan fingerprint density at radius 2 is 1.88 bits per heavy atom. The average molecular weight is 339 g/mol. The van der Waals surface area contributed by atoms with Gasteiger partial charge in [-0.1, -0.05) is 42.5 Å². The van der Waals surface area contributed by atoms with Gasteiger partial charge in [-0.2, -0.15) is 0 Å². The fourth-order valence-electron chi connectivity index (χ4n) is 2.20. The first-order valence-electron chi connectivity index (χ1n) is 7.91. The molecule has 0 aliphatic heterocycles. The lowest BCUT2D eigenvalue weighted by Crippen LogP contribution is -2.30. The molecule has 0 saturated carbocycles. The Kier molecular flexibility index (Phi) is 6.77. The molecule has 0 aliphatic carbocycles. The molecule has 0 spiro atoms. The topological polar surface area (TPSA) is 64.6 Å². The monoisotopic (exact) mass is 339 g/mol. The van der Waals surface area contributed by atoms with E-state index >= 15 is 0 Å². The Bertz CT molecular complexity index is 740. The molecule has 1 amide bonds. The van der Waals surface area contributed by atoms with E-state index in [2.05, 4.69) is 5.32 Å². The van der Waals surface area contributed by atoms with Crippen molar-refractivity contribution in [3.8, 4) is 5.75 Å². The second-order valence-corrected chi connectivity index (χ2v) is 5.42. The van der Waals surface area contributed by atoms with E-state index in [-0.39, 0.29) is 18.6 Å². The van der Waals surface area contributed by atoms with Gasteiger partial charge in [0.1, 0.15) is 5.75 Å². The number of benzene rings is 2. The largest absolute Gasteiger partial charge is 0.497 e. The lowest BCUT2D eigenvalue weighted by molar-refractivity contribution is -0.144. The first-order valence-corrected chi connectivity index (χ1v) is 7.91. The summed E-state index contributed by atoms with van der Waals surface area (Å²) in [5.74, 6) is -0.227. The molecule has 1 N–H and O–H groups in total. The van der Waals surface area contributed by atoms with Gasteiger partial charge in [0, 0.05) is 6.08 Å². The Balaban J connectivity index is 1.79. The summed E-state index contributed by atoms with van der Waals surface area (Å²) in [7, 11) is 1.58. The summed E-state index contributed by atoms with van der Waals surface area (Å²) >= 11 is 0. The molecule has 2 aromatic rings. The fraction of sp³-hybridized carbons (Fsp3) is 0.200. The van der Waals surface area contributed by atoms with Gasteiger partial charge in [-0.15, -0.1) is 0 Å². The van der Waals surface area contributed by atoms with Crippen LogP contribution >= 0.6 is 0 Å². The van der Waals surface area contributed by atoms with Crippen LogP contribution in [-0.2, 0) is 14.3 Å². The number of hydrogen-bond acceptors (Lipinski definition) is 4. The summed E-state index contributed by atoms with van der Waals surface area (Å²) in [6, 6.07) is 16.7. The van der Waals surface area contributed by atoms with Crippen molar-refractivity contribution in [2.45, 2.75) is 13.0 Å². The third kappa shape index (κ3) is 6.14. The molecule has 0 fully saturated rings. The number of ether oxygens (including phenoxy) is 2. The first-order chi connectivity index (χ1) is 12.1. The number of amides is 1. The van der Waals surface area contributed by atoms with Crippen molar-refractivity contribution in [3.63, 3.8) is 0 Å². The molecule has 0 aliphatic rings. The Hall–Kier alpha value is -3.08. The van der Waals surface area contributed by atoms with Crippen molar-refractivity contribution in [1.29, 1.82) is 0 Å². The van der Waals surface area contributed by atoms with Gasteiger partial charge < -0.3 is 14.8 Å². The minimum absolute atomic E-state index is 0.153. The molecule has 0 aromatic heterocycles. The highest BCUT2D eigenvalue weighted by Crippen LogP contribution is 2.13. The standard InChI is InChI=1S/C20H21NO4/c1-15(17-8-4-3-5-9-17)21-19(22)14-25-20(23)12-11-16-7-6-10-18(13-16)24-2/h3-13,15H,14H2,1-2H3,(H,21,22)/b12-11+/t15-/m1/s1. The first kappa shape index (κ1) is 18.3. The normalized spacial score (nSPS) is 11.8. The molecule has 0 radical (unpaired) electrons. The van der Waals surface area contributed by atoms with Crippen molar-refractivity contribution < 1.29 is 19.1 Å². The van der Waals surface area contributed by atoms with Crippen LogP contribution in [-0.4, -0.2) is 25.6 Å². The van der Waals surface area contributed by atoms with Gasteiger partial charge in [0.2, 0.25) is 0 Å². The maximum Gasteiger partial charge on any atom is 0.331 e. The van der Waals surface area contributed by atoms with Gasteiger partial charge in [-0.25, -0.2) is 4.79 Å². The van der Waals surface area contributed by atoms with Crippen LogP contribution in [0, 0.1) is 0 Å². The van der Waals surface area contributed by atoms with E-state index in [1.165, 1.54) is 6.08 Å². The van der Waals surface area contributed by atoms with E-state index in [0.29, 0.717) is 5.75 Å². The van der Waals surface area contributed by atoms with Gasteiger partial charge >= 0.3 is 5.97 Å². The van der Waals surface area contributed by atoms with Crippen LogP contribution in [0.1, 0.15) is 24.1 Å². The van der Waals surface area contributed by atoms with Crippen molar-refractivity contribution in [1.82, 2.24) is 5.32 Å². The maximum absolute atomic E-state index is 11.9. The van der Waals surface area contributed by atoms with Gasteiger partial charge in [0.15, 0.2) is 6.61 Å². The van der Waals surface area contributed by atoms with Crippen LogP contribution in [0.3, 0.4) is 0 Å². The SMILES string of the molecule is COc1cccc(/C=C/C(=O)OCC(=O)N[C@H](C)c2ccccc2)c1. The predicted octanol–water partition coefficient (Wildman–Crippen LogP) is 3.13. The predicted molar refractivity (Wildman–Crippen MR) is 96.0 cm³/mol. The zero-order chi connectivity index (χ0) is 18.1. The highest BCUT2D eigenvalue weighted by Gasteiger charge is 2.10. The molecular formula is C20H21NO4. The number of carbonyl (C=O) groups excluding carboxylic acids is 2. The molecular weight excluding hydrogens is 318 g/mol. The van der Waals surface area contributed by atoms with E-state index in [9.17, 15) is 9.59 Å². The number of nitrogens with one attached hydrogen (secondary N) is 1. The third-order valence-corrected chi connectivity index (χ3v) is 3.53. The molecule has 5 nitrogen and oxygen atoms in total. The molecule has 0 heterocycles. The lowest BCUT2D eigenvalue weighted by atomic mass is 10.1. The highest BCUT2D eigenvalue weighted by atomic mass is 16.5. The number of methoxy groups -OCH3 is 1. The number of esters is 1. The van der Waals surface area contributed by atoms with Gasteiger partial charge in [0.25, 0.3) is 5.91 Å². The Morgan fingerprint density at radius 1 is 1.12 bits per heavy atom. The zero-order valence-electron chi connectivity index (χ0n) is 14.3. The number of hydrogen-bond donors (Lipinski definition) is 1. The molecule has 2 rings (SSSR count). The smallest absolute Gasteiger partial charge is 0.331 e. The van der Waals surface area contributed by atoms with E-state index in [1.54, 1.807) is 19.3 Å². The summed E-state index contributed by atoms with van der Waals surface area (Å²) in [6.07, 6.45) is 2.89. The van der Waals surface area contributed by atoms with Crippen molar-refractivity contribution in [2.75, 3.05) is 13.7 Å². The zero-order valence-corrected chi connectivity index (χ0v) is 14.3. The van der Waals surface area contributed by atoms with Crippen molar-refractivity contribution >= 4 is 18.0 Å². The Morgan fingerprint density at radius 3 is 2.60 bits per heavy atom. The van der Waals surface area contributed by atoms with Crippen LogP contribution in [0.25, 0.3) is 6.08 Å². The minimum atomic E-state index is -0.578. The summed E-state index contributed by atoms with van der Waals surface area (Å²) in [6.45, 7) is 1.55. The second-order valence-electron chi connectivity index (χ2n) is 5.42. The summed E-state index contributed by atoms with van der Waals surface area (Å²) in [5.41, 5.74) is 1.79. The maximum atomic E-state index is 11.9. The molecule has 0 saturated heterocycles. The second kappa shape index (κ2) is 9.27. The van der Waals surface area contributed by atoms with Crippen LogP contribution in [0.2, 0.25) is 0 Å². The minimum Gasteiger partial charge on any atom is -0.497 e. The summed E-state index contributed by atoms with van der Waals surface area (Å²) < 4.78 is 10.1. The quantitative estimate of drug-likeness (QED) is 0.622. The van der Waals surface area contributed by atoms with E-state index in [4.69, 9.17) is 9.47 Å². The van der Waals surface area contributed by atoms with Crippen molar-refractivity contribution in [2.24, 2.45) is 0 Å². The molecule has 1 atom stereocenters. The number of rotatable bonds is 7. The van der Waals surface area contributed by atoms with Gasteiger partial charge in [-0.05, 0) is 36.3 Å². The van der Waals surface area contributed by atoms with E-state index in [0.717, 1.165) is 11.1 Å². The summed E-state index contributed by atoms with van der Waals surface area (Å²) in [5, 5.41) is 2.78. The average Bonchev–Trinajstić information content (AvgIpc) is 2.65. The Labute approximate surface area is 147 Å². The molecule has 2 aromatic carbocycles. The molecule has 5 heteroatoms. The van der Waals surface area contributed by atoms with Crippen molar-refractivity contribution in [3.05, 3.63) is 71.8 Å². The molecule has 130 valence electrons. The molecule has 0 bridgehead atoms. The van der Waals surface area contributed by atoms with Crippen LogP contribution in [0.5, 0.6) is 5.75 Å². The third-order valence-electron chi connectivity index (χ3n) is 3.53. The lowest BCUT2D eigenvalue weighted by Gasteiger charge is -2.13. The van der Waals surface area contributed by atoms with Crippen LogP contribution in [0.15, 0.2) is 60.7 Å². The van der Waals surface area contributed by atoms with Gasteiger partial charge in [-0.3, -0.25) is 4.79 Å². The summed E-state index contributed by atoms with van der Waals surface area (Å²) in [4.78, 5) is 23.6. The van der Waals surface area contributed by atoms with Crippen LogP contribution in [0.4, 0.5) is 0 Å². The van der Waals surface area contributed by atoms with E-state index in [1.807, 2.05) is 55.5 Å². The number of carbonyl (C=O) groups is 2. The molecule has 25 heavy (non-hydrogen) atoms. The van der Waals surface area contributed by atoms with Gasteiger partial charge in [0.05, 0.1) is 13.2 Å².